The quantitative estimate of drug-likeness (QED) is 0.225. The molecular weight excluding hydrogens is 396 g/mol. The van der Waals surface area contributed by atoms with E-state index >= 15 is 0 Å². The second kappa shape index (κ2) is 9.53. The number of nitrogens with zero attached hydrogens (tertiary/aromatic N) is 2. The average molecular weight is 412 g/mol. The highest BCUT2D eigenvalue weighted by atomic mass is 32.2. The van der Waals surface area contributed by atoms with Crippen LogP contribution in [0.4, 0.5) is 10.5 Å². The number of rotatable bonds is 8. The number of esters is 1. The molecule has 1 aliphatic rings. The van der Waals surface area contributed by atoms with Crippen LogP contribution in [0.25, 0.3) is 6.08 Å². The largest absolute Gasteiger partial charge is 0.465 e. The van der Waals surface area contributed by atoms with Crippen molar-refractivity contribution in [3.8, 4) is 0 Å². The van der Waals surface area contributed by atoms with Crippen molar-refractivity contribution in [1.29, 1.82) is 0 Å². The van der Waals surface area contributed by atoms with E-state index in [2.05, 4.69) is 0 Å². The normalized spacial score (nSPS) is 15.5. The molecule has 11 heteroatoms. The number of thioether (sulfide) groups is 2. The van der Waals surface area contributed by atoms with Crippen molar-refractivity contribution >= 4 is 52.4 Å². The van der Waals surface area contributed by atoms with Crippen molar-refractivity contribution in [3.63, 3.8) is 0 Å². The third-order valence-electron chi connectivity index (χ3n) is 3.29. The highest BCUT2D eigenvalue weighted by molar-refractivity contribution is 8.18. The van der Waals surface area contributed by atoms with Gasteiger partial charge in [0.25, 0.3) is 16.8 Å². The molecule has 27 heavy (non-hydrogen) atoms. The number of aliphatic hydroxyl groups excluding tert-OH is 1. The minimum Gasteiger partial charge on any atom is -0.465 e. The Kier molecular flexibility index (Phi) is 7.39. The molecule has 1 heterocycles. The Labute approximate surface area is 162 Å². The van der Waals surface area contributed by atoms with Gasteiger partial charge in [0.2, 0.25) is 0 Å². The van der Waals surface area contributed by atoms with E-state index < -0.39 is 28.6 Å². The maximum absolute atomic E-state index is 12.3. The molecule has 0 unspecified atom stereocenters. The van der Waals surface area contributed by atoms with Crippen LogP contribution in [0.15, 0.2) is 28.0 Å². The lowest BCUT2D eigenvalue weighted by Crippen LogP contribution is -2.34. The Hall–Kier alpha value is -2.37. The van der Waals surface area contributed by atoms with E-state index in [9.17, 15) is 24.5 Å². The van der Waals surface area contributed by atoms with Gasteiger partial charge < -0.3 is 9.84 Å². The van der Waals surface area contributed by atoms with Crippen LogP contribution in [0.5, 0.6) is 0 Å². The number of aliphatic hydroxyl groups is 1. The summed E-state index contributed by atoms with van der Waals surface area (Å²) in [5, 5.41) is 19.5. The van der Waals surface area contributed by atoms with E-state index in [1.54, 1.807) is 13.0 Å². The molecule has 1 aromatic rings. The van der Waals surface area contributed by atoms with Crippen molar-refractivity contribution in [2.45, 2.75) is 11.8 Å². The summed E-state index contributed by atoms with van der Waals surface area (Å²) >= 11 is 1.79. The second-order valence-electron chi connectivity index (χ2n) is 5.13. The molecule has 0 aromatic heterocycles. The average Bonchev–Trinajstić information content (AvgIpc) is 2.88. The summed E-state index contributed by atoms with van der Waals surface area (Å²) in [6.45, 7) is 1.15. The van der Waals surface area contributed by atoms with Gasteiger partial charge in [-0.15, -0.1) is 11.8 Å². The maximum Gasteiger partial charge on any atom is 0.326 e. The van der Waals surface area contributed by atoms with Crippen molar-refractivity contribution < 1.29 is 29.2 Å². The van der Waals surface area contributed by atoms with E-state index in [-0.39, 0.29) is 23.8 Å². The zero-order valence-electron chi connectivity index (χ0n) is 14.2. The third kappa shape index (κ3) is 5.31. The monoisotopic (exact) mass is 412 g/mol. The fraction of sp³-hybridized carbons (Fsp3) is 0.312. The maximum atomic E-state index is 12.3. The molecule has 1 saturated heterocycles. The van der Waals surface area contributed by atoms with Gasteiger partial charge in [-0.05, 0) is 36.4 Å². The van der Waals surface area contributed by atoms with Gasteiger partial charge in [0, 0.05) is 11.8 Å². The predicted octanol–water partition coefficient (Wildman–Crippen LogP) is 2.28. The standard InChI is InChI=1S/C16H16N2O7S2/c1-2-25-14(20)9-17-15(21)13(27-16(17)22)8-10-3-4-12(26-6-5-19)11(7-10)18(23)24/h3-4,7-8,19H,2,5-6,9H2,1H3/b13-8+. The van der Waals surface area contributed by atoms with Crippen molar-refractivity contribution in [1.82, 2.24) is 4.90 Å². The fourth-order valence-corrected chi connectivity index (χ4v) is 3.76. The van der Waals surface area contributed by atoms with Gasteiger partial charge >= 0.3 is 5.97 Å². The van der Waals surface area contributed by atoms with E-state index in [1.165, 1.54) is 18.2 Å². The lowest BCUT2D eigenvalue weighted by Gasteiger charge is -2.10. The highest BCUT2D eigenvalue weighted by Crippen LogP contribution is 2.34. The number of nitro groups is 1. The minimum atomic E-state index is -0.693. The van der Waals surface area contributed by atoms with E-state index in [4.69, 9.17) is 9.84 Å². The van der Waals surface area contributed by atoms with Crippen LogP contribution in [0, 0.1) is 10.1 Å². The van der Waals surface area contributed by atoms with Crippen LogP contribution in [-0.4, -0.2) is 57.6 Å². The van der Waals surface area contributed by atoms with E-state index in [0.29, 0.717) is 28.0 Å². The number of carbonyl (C=O) groups is 3. The van der Waals surface area contributed by atoms with Gasteiger partial charge in [0.05, 0.1) is 27.9 Å². The molecule has 9 nitrogen and oxygen atoms in total. The number of amides is 2. The number of nitro benzene ring substituents is 1. The smallest absolute Gasteiger partial charge is 0.326 e. The molecule has 0 aliphatic carbocycles. The van der Waals surface area contributed by atoms with Crippen LogP contribution in [0.1, 0.15) is 12.5 Å². The number of hydrogen-bond donors (Lipinski definition) is 1. The predicted molar refractivity (Wildman–Crippen MR) is 100 cm³/mol. The SMILES string of the molecule is CCOC(=O)CN1C(=O)S/C(=C/c2ccc(SCCO)c([N+](=O)[O-])c2)C1=O. The molecule has 0 saturated carbocycles. The van der Waals surface area contributed by atoms with Gasteiger partial charge in [-0.3, -0.25) is 29.4 Å². The Balaban J connectivity index is 2.24. The summed E-state index contributed by atoms with van der Waals surface area (Å²) in [7, 11) is 0. The number of carbonyl (C=O) groups excluding carboxylic acids is 3. The van der Waals surface area contributed by atoms with Gasteiger partial charge in [0.15, 0.2) is 0 Å². The first-order valence-corrected chi connectivity index (χ1v) is 9.60. The number of imide groups is 1. The zero-order chi connectivity index (χ0) is 20.0. The molecule has 1 aliphatic heterocycles. The molecule has 0 atom stereocenters. The molecule has 144 valence electrons. The number of ether oxygens (including phenoxy) is 1. The minimum absolute atomic E-state index is 0.0642. The van der Waals surface area contributed by atoms with Gasteiger partial charge in [-0.2, -0.15) is 0 Å². The lowest BCUT2D eigenvalue weighted by molar-refractivity contribution is -0.387. The first kappa shape index (κ1) is 20.9. The Morgan fingerprint density at radius 2 is 2.19 bits per heavy atom. The summed E-state index contributed by atoms with van der Waals surface area (Å²) in [6, 6.07) is 4.39. The summed E-state index contributed by atoms with van der Waals surface area (Å²) in [6.07, 6.45) is 1.36. The molecule has 2 rings (SSSR count). The van der Waals surface area contributed by atoms with Crippen LogP contribution in [-0.2, 0) is 14.3 Å². The molecule has 1 fully saturated rings. The van der Waals surface area contributed by atoms with E-state index in [0.717, 1.165) is 16.7 Å². The summed E-state index contributed by atoms with van der Waals surface area (Å²) in [4.78, 5) is 47.7. The van der Waals surface area contributed by atoms with E-state index in [1.807, 2.05) is 0 Å². The zero-order valence-corrected chi connectivity index (χ0v) is 15.9. The summed E-state index contributed by atoms with van der Waals surface area (Å²) in [5.74, 6) is -1.03. The van der Waals surface area contributed by atoms with Gasteiger partial charge in [0.1, 0.15) is 6.54 Å². The Morgan fingerprint density at radius 1 is 1.44 bits per heavy atom. The summed E-state index contributed by atoms with van der Waals surface area (Å²) < 4.78 is 4.73. The topological polar surface area (TPSA) is 127 Å². The van der Waals surface area contributed by atoms with Crippen molar-refractivity contribution in [2.24, 2.45) is 0 Å². The van der Waals surface area contributed by atoms with Crippen LogP contribution in [0.3, 0.4) is 0 Å². The highest BCUT2D eigenvalue weighted by Gasteiger charge is 2.36. The van der Waals surface area contributed by atoms with Crippen LogP contribution >= 0.6 is 23.5 Å². The van der Waals surface area contributed by atoms with Gasteiger partial charge in [-0.25, -0.2) is 0 Å². The Morgan fingerprint density at radius 3 is 2.81 bits per heavy atom. The molecule has 1 N–H and O–H groups in total. The van der Waals surface area contributed by atoms with Gasteiger partial charge in [-0.1, -0.05) is 6.07 Å². The molecule has 1 aromatic carbocycles. The lowest BCUT2D eigenvalue weighted by atomic mass is 10.2. The first-order valence-electron chi connectivity index (χ1n) is 7.80. The molecule has 0 bridgehead atoms. The number of hydrogen-bond acceptors (Lipinski definition) is 9. The van der Waals surface area contributed by atoms with Crippen molar-refractivity contribution in [2.75, 3.05) is 25.5 Å². The van der Waals surface area contributed by atoms with Crippen LogP contribution < -0.4 is 0 Å². The summed E-state index contributed by atoms with van der Waals surface area (Å²) in [5.41, 5.74) is 0.213. The molecule has 0 spiro atoms. The Bertz CT molecular complexity index is 810. The number of benzene rings is 1. The second-order valence-corrected chi connectivity index (χ2v) is 7.26. The van der Waals surface area contributed by atoms with Crippen LogP contribution in [0.2, 0.25) is 0 Å². The van der Waals surface area contributed by atoms with Crippen molar-refractivity contribution in [3.05, 3.63) is 38.8 Å². The molecular formula is C16H16N2O7S2. The third-order valence-corrected chi connectivity index (χ3v) is 5.24. The first-order chi connectivity index (χ1) is 12.9. The fourth-order valence-electron chi connectivity index (χ4n) is 2.17. The molecule has 0 radical (unpaired) electrons. The molecule has 2 amide bonds.